The lowest BCUT2D eigenvalue weighted by Gasteiger charge is -2.37. The van der Waals surface area contributed by atoms with Crippen molar-refractivity contribution in [3.8, 4) is 0 Å². The van der Waals surface area contributed by atoms with E-state index in [1.807, 2.05) is 37.3 Å². The van der Waals surface area contributed by atoms with E-state index in [-0.39, 0.29) is 23.2 Å². The second-order valence-electron chi connectivity index (χ2n) is 12.2. The molecule has 0 saturated carbocycles. The van der Waals surface area contributed by atoms with Crippen LogP contribution in [-0.4, -0.2) is 55.9 Å². The molecule has 39 heavy (non-hydrogen) atoms. The summed E-state index contributed by atoms with van der Waals surface area (Å²) in [6.07, 6.45) is -0.761. The molecule has 1 saturated heterocycles. The lowest BCUT2D eigenvalue weighted by molar-refractivity contribution is 0.101. The first-order chi connectivity index (χ1) is 18.3. The van der Waals surface area contributed by atoms with Gasteiger partial charge in [-0.15, -0.1) is 0 Å². The molecule has 1 aromatic heterocycles. The molecule has 4 rings (SSSR count). The van der Waals surface area contributed by atoms with Crippen molar-refractivity contribution in [2.45, 2.75) is 64.9 Å². The van der Waals surface area contributed by atoms with Crippen LogP contribution in [0.4, 0.5) is 11.6 Å². The molecule has 2 heterocycles. The molecular formula is C30H44N4O4Si. The molecule has 3 aromatic rings. The van der Waals surface area contributed by atoms with Gasteiger partial charge < -0.3 is 24.5 Å². The largest absolute Gasteiger partial charge is 0.414 e. The first-order valence-electron chi connectivity index (χ1n) is 13.8. The zero-order valence-corrected chi connectivity index (χ0v) is 25.7. The Bertz CT molecular complexity index is 1380. The highest BCUT2D eigenvalue weighted by Crippen LogP contribution is 2.38. The van der Waals surface area contributed by atoms with Crippen LogP contribution in [0, 0.1) is 6.92 Å². The van der Waals surface area contributed by atoms with Gasteiger partial charge in [0.25, 0.3) is 5.56 Å². The van der Waals surface area contributed by atoms with Gasteiger partial charge in [-0.25, -0.2) is 4.98 Å². The van der Waals surface area contributed by atoms with E-state index in [0.717, 1.165) is 22.4 Å². The van der Waals surface area contributed by atoms with Crippen LogP contribution in [0.1, 0.15) is 56.5 Å². The van der Waals surface area contributed by atoms with Gasteiger partial charge in [0.15, 0.2) is 8.32 Å². The predicted octanol–water partition coefficient (Wildman–Crippen LogP) is 5.31. The summed E-state index contributed by atoms with van der Waals surface area (Å²) in [5.41, 5.74) is 4.21. The summed E-state index contributed by atoms with van der Waals surface area (Å²) in [6, 6.07) is 11.6. The number of fused-ring (bicyclic) bond motifs is 1. The maximum atomic E-state index is 13.4. The van der Waals surface area contributed by atoms with E-state index in [0.29, 0.717) is 43.2 Å². The highest BCUT2D eigenvalue weighted by molar-refractivity contribution is 6.74. The average molecular weight is 553 g/mol. The maximum absolute atomic E-state index is 13.4. The fourth-order valence-corrected chi connectivity index (χ4v) is 5.75. The van der Waals surface area contributed by atoms with Crippen LogP contribution < -0.4 is 15.8 Å². The van der Waals surface area contributed by atoms with Crippen molar-refractivity contribution in [1.29, 1.82) is 0 Å². The average Bonchev–Trinajstić information content (AvgIpc) is 2.89. The second-order valence-corrected chi connectivity index (χ2v) is 17.0. The Morgan fingerprint density at radius 3 is 2.49 bits per heavy atom. The lowest BCUT2D eigenvalue weighted by atomic mass is 10.00. The van der Waals surface area contributed by atoms with Crippen LogP contribution in [0.15, 0.2) is 41.2 Å². The Labute approximate surface area is 233 Å². The SMILES string of the molecule is Cc1cc(C(C)Nc2ccccc2C(O)CO[Si](C)(C)C(C)(C)C)c2nc(N3CCOCC3)n(C)c(=O)c2c1. The van der Waals surface area contributed by atoms with Gasteiger partial charge in [0.2, 0.25) is 5.95 Å². The molecule has 0 spiro atoms. The van der Waals surface area contributed by atoms with E-state index in [1.54, 1.807) is 11.6 Å². The molecule has 2 aromatic carbocycles. The van der Waals surface area contributed by atoms with Crippen molar-refractivity contribution < 1.29 is 14.3 Å². The zero-order valence-electron chi connectivity index (χ0n) is 24.7. The third-order valence-electron chi connectivity index (χ3n) is 8.19. The number of morpholine rings is 1. The van der Waals surface area contributed by atoms with Gasteiger partial charge in [-0.3, -0.25) is 9.36 Å². The quantitative estimate of drug-likeness (QED) is 0.366. The van der Waals surface area contributed by atoms with E-state index >= 15 is 0 Å². The number of hydrogen-bond acceptors (Lipinski definition) is 7. The molecule has 9 heteroatoms. The van der Waals surface area contributed by atoms with E-state index in [4.69, 9.17) is 14.1 Å². The second kappa shape index (κ2) is 11.4. The van der Waals surface area contributed by atoms with E-state index < -0.39 is 14.4 Å². The topological polar surface area (TPSA) is 88.8 Å². The van der Waals surface area contributed by atoms with Crippen molar-refractivity contribution in [3.05, 3.63) is 63.4 Å². The van der Waals surface area contributed by atoms with Gasteiger partial charge in [0.1, 0.15) is 6.10 Å². The van der Waals surface area contributed by atoms with Gasteiger partial charge in [-0.1, -0.05) is 45.0 Å². The van der Waals surface area contributed by atoms with E-state index in [1.165, 1.54) is 0 Å². The molecule has 1 aliphatic rings. The normalized spacial score (nSPS) is 16.4. The monoisotopic (exact) mass is 552 g/mol. The fraction of sp³-hybridized carbons (Fsp3) is 0.533. The van der Waals surface area contributed by atoms with Crippen LogP contribution in [0.3, 0.4) is 0 Å². The molecule has 8 nitrogen and oxygen atoms in total. The predicted molar refractivity (Wildman–Crippen MR) is 161 cm³/mol. The van der Waals surface area contributed by atoms with E-state index in [2.05, 4.69) is 57.1 Å². The van der Waals surface area contributed by atoms with Crippen molar-refractivity contribution in [2.75, 3.05) is 43.1 Å². The van der Waals surface area contributed by atoms with E-state index in [9.17, 15) is 9.90 Å². The number of aryl methyl sites for hydroxylation is 1. The minimum Gasteiger partial charge on any atom is -0.414 e. The van der Waals surface area contributed by atoms with Gasteiger partial charge >= 0.3 is 0 Å². The van der Waals surface area contributed by atoms with Crippen molar-refractivity contribution >= 4 is 30.9 Å². The zero-order chi connectivity index (χ0) is 28.5. The van der Waals surface area contributed by atoms with Crippen LogP contribution in [-0.2, 0) is 16.2 Å². The molecule has 212 valence electrons. The number of rotatable bonds is 8. The number of nitrogens with zero attached hydrogens (tertiary/aromatic N) is 3. The van der Waals surface area contributed by atoms with Crippen molar-refractivity contribution in [3.63, 3.8) is 0 Å². The third-order valence-corrected chi connectivity index (χ3v) is 12.7. The number of aliphatic hydroxyl groups is 1. The molecule has 0 radical (unpaired) electrons. The summed E-state index contributed by atoms with van der Waals surface area (Å²) in [7, 11) is -0.217. The summed E-state index contributed by atoms with van der Waals surface area (Å²) < 4.78 is 13.5. The Hall–Kier alpha value is -2.72. The fourth-order valence-electron chi connectivity index (χ4n) is 4.74. The first kappa shape index (κ1) is 29.3. The molecule has 0 bridgehead atoms. The van der Waals surface area contributed by atoms with Crippen LogP contribution >= 0.6 is 0 Å². The summed E-state index contributed by atoms with van der Waals surface area (Å²) >= 11 is 0. The molecule has 1 aliphatic heterocycles. The van der Waals surface area contributed by atoms with Gasteiger partial charge in [-0.2, -0.15) is 0 Å². The van der Waals surface area contributed by atoms with Gasteiger partial charge in [0, 0.05) is 37.0 Å². The lowest BCUT2D eigenvalue weighted by Crippen LogP contribution is -2.41. The first-order valence-corrected chi connectivity index (χ1v) is 16.7. The number of hydrogen-bond donors (Lipinski definition) is 2. The summed E-state index contributed by atoms with van der Waals surface area (Å²) in [6.45, 7) is 17.9. The summed E-state index contributed by atoms with van der Waals surface area (Å²) in [5.74, 6) is 0.659. The maximum Gasteiger partial charge on any atom is 0.262 e. The third kappa shape index (κ3) is 6.22. The van der Waals surface area contributed by atoms with Crippen molar-refractivity contribution in [2.24, 2.45) is 7.05 Å². The molecule has 0 aliphatic carbocycles. The number of nitrogens with one attached hydrogen (secondary N) is 1. The minimum atomic E-state index is -2.00. The van der Waals surface area contributed by atoms with Crippen LogP contribution in [0.2, 0.25) is 18.1 Å². The molecule has 2 unspecified atom stereocenters. The Balaban J connectivity index is 1.66. The number of anilines is 2. The number of para-hydroxylation sites is 1. The summed E-state index contributed by atoms with van der Waals surface area (Å²) in [4.78, 5) is 20.6. The standard InChI is InChI=1S/C30H44N4O4Si/c1-20-17-23(27-24(18-20)28(36)33(6)29(32-27)34-13-15-37-16-14-34)21(2)31-25-12-10-9-11-22(25)26(35)19-38-39(7,8)30(3,4)5/h9-12,17-18,21,26,31,35H,13-16,19H2,1-8H3. The van der Waals surface area contributed by atoms with Crippen molar-refractivity contribution in [1.82, 2.24) is 9.55 Å². The Morgan fingerprint density at radius 1 is 1.15 bits per heavy atom. The van der Waals surface area contributed by atoms with Gasteiger partial charge in [-0.05, 0) is 49.7 Å². The number of aliphatic hydroxyl groups excluding tert-OH is 1. The van der Waals surface area contributed by atoms with Crippen LogP contribution in [0.25, 0.3) is 10.9 Å². The van der Waals surface area contributed by atoms with Gasteiger partial charge in [0.05, 0.1) is 36.8 Å². The minimum absolute atomic E-state index is 0.0581. The summed E-state index contributed by atoms with van der Waals surface area (Å²) in [5, 5.41) is 15.4. The van der Waals surface area contributed by atoms with Crippen LogP contribution in [0.5, 0.6) is 0 Å². The highest BCUT2D eigenvalue weighted by Gasteiger charge is 2.37. The Morgan fingerprint density at radius 2 is 1.82 bits per heavy atom. The molecular weight excluding hydrogens is 508 g/mol. The Kier molecular flexibility index (Phi) is 8.56. The number of benzene rings is 2. The molecule has 0 amide bonds. The number of aromatic nitrogens is 2. The highest BCUT2D eigenvalue weighted by atomic mass is 28.4. The molecule has 1 fully saturated rings. The molecule has 2 N–H and O–H groups in total. The molecule has 2 atom stereocenters. The smallest absolute Gasteiger partial charge is 0.262 e. The number of ether oxygens (including phenoxy) is 1.